The molecule has 2 saturated heterocycles. The van der Waals surface area contributed by atoms with Crippen LogP contribution >= 0.6 is 11.6 Å². The summed E-state index contributed by atoms with van der Waals surface area (Å²) in [5, 5.41) is 10.6. The van der Waals surface area contributed by atoms with Crippen LogP contribution in [0.2, 0.25) is 5.02 Å². The van der Waals surface area contributed by atoms with Crippen LogP contribution in [0.15, 0.2) is 18.2 Å². The van der Waals surface area contributed by atoms with Gasteiger partial charge in [-0.25, -0.2) is 0 Å². The molecule has 8 atom stereocenters. The van der Waals surface area contributed by atoms with Crippen LogP contribution in [0.5, 0.6) is 0 Å². The van der Waals surface area contributed by atoms with Crippen molar-refractivity contribution in [3.05, 3.63) is 34.3 Å². The van der Waals surface area contributed by atoms with E-state index in [9.17, 15) is 65.9 Å². The van der Waals surface area contributed by atoms with Gasteiger partial charge in [-0.05, 0) is 101 Å². The van der Waals surface area contributed by atoms with Gasteiger partial charge >= 0.3 is 6.18 Å². The Labute approximate surface area is 522 Å². The van der Waals surface area contributed by atoms with Gasteiger partial charge in [-0.1, -0.05) is 97.7 Å². The fraction of sp³-hybridized carbons (Fsp3) is 0.726. The Morgan fingerprint density at radius 2 is 1.27 bits per heavy atom. The van der Waals surface area contributed by atoms with Crippen LogP contribution in [0.25, 0.3) is 0 Å². The summed E-state index contributed by atoms with van der Waals surface area (Å²) in [6.45, 7) is 13.7. The van der Waals surface area contributed by atoms with Crippen molar-refractivity contribution in [1.82, 2.24) is 55.6 Å². The van der Waals surface area contributed by atoms with E-state index in [1.165, 1.54) is 81.8 Å². The first-order valence-corrected chi connectivity index (χ1v) is 31.2. The third-order valence-corrected chi connectivity index (χ3v) is 17.7. The predicted molar refractivity (Wildman–Crippen MR) is 325 cm³/mol. The first-order chi connectivity index (χ1) is 40.9. The smallest absolute Gasteiger partial charge is 0.351 e. The van der Waals surface area contributed by atoms with E-state index in [0.717, 1.165) is 58.9 Å². The third kappa shape index (κ3) is 20.0. The molecule has 1 unspecified atom stereocenters. The van der Waals surface area contributed by atoms with E-state index in [4.69, 9.17) is 11.6 Å². The molecular formula is C62H97ClF3N11O11. The zero-order chi connectivity index (χ0) is 66.4. The molecule has 4 N–H and O–H groups in total. The summed E-state index contributed by atoms with van der Waals surface area (Å²) in [4.78, 5) is 166. The number of fused-ring (bicyclic) bond motifs is 1. The molecule has 1 saturated carbocycles. The molecule has 3 aliphatic rings. The summed E-state index contributed by atoms with van der Waals surface area (Å²) in [5.74, 6) is -8.16. The second-order valence-corrected chi connectivity index (χ2v) is 26.3. The van der Waals surface area contributed by atoms with Gasteiger partial charge in [0.05, 0.1) is 30.2 Å². The Morgan fingerprint density at radius 3 is 1.85 bits per heavy atom. The monoisotopic (exact) mass is 1260 g/mol. The molecule has 1 aromatic rings. The summed E-state index contributed by atoms with van der Waals surface area (Å²) in [5.41, 5.74) is -2.46. The average molecular weight is 1260 g/mol. The molecule has 0 aromatic heterocycles. The van der Waals surface area contributed by atoms with Crippen LogP contribution < -0.4 is 21.3 Å². The summed E-state index contributed by atoms with van der Waals surface area (Å²) in [6.07, 6.45) is 0.427. The highest BCUT2D eigenvalue weighted by atomic mass is 35.5. The molecule has 4 rings (SSSR count). The van der Waals surface area contributed by atoms with Gasteiger partial charge in [0.15, 0.2) is 0 Å². The van der Waals surface area contributed by atoms with Crippen LogP contribution in [0.3, 0.4) is 0 Å². The first-order valence-electron chi connectivity index (χ1n) is 30.8. The lowest BCUT2D eigenvalue weighted by molar-refractivity contribution is -0.149. The van der Waals surface area contributed by atoms with Crippen molar-refractivity contribution in [3.8, 4) is 0 Å². The largest absolute Gasteiger partial charge is 0.417 e. The summed E-state index contributed by atoms with van der Waals surface area (Å²) >= 11 is 6.08. The van der Waals surface area contributed by atoms with Crippen LogP contribution in [0.1, 0.15) is 150 Å². The average Bonchev–Trinajstić information content (AvgIpc) is 3.74. The van der Waals surface area contributed by atoms with E-state index in [0.29, 0.717) is 18.4 Å². The van der Waals surface area contributed by atoms with Crippen molar-refractivity contribution in [1.29, 1.82) is 0 Å². The number of nitrogens with zero attached hydrogens (tertiary/aromatic N) is 7. The molecule has 3 fully saturated rings. The lowest BCUT2D eigenvalue weighted by atomic mass is 9.84. The molecule has 0 spiro atoms. The van der Waals surface area contributed by atoms with Gasteiger partial charge < -0.3 is 55.6 Å². The van der Waals surface area contributed by atoms with Crippen molar-refractivity contribution in [2.24, 2.45) is 23.7 Å². The van der Waals surface area contributed by atoms with Crippen LogP contribution in [0.4, 0.5) is 13.2 Å². The molecule has 2 aliphatic heterocycles. The van der Waals surface area contributed by atoms with Crippen LogP contribution in [-0.4, -0.2) is 216 Å². The number of likely N-dealkylation sites (N-methyl/N-ethyl adjacent to an activating group) is 6. The Kier molecular flexibility index (Phi) is 27.1. The molecule has 0 bridgehead atoms. The Morgan fingerprint density at radius 1 is 0.670 bits per heavy atom. The minimum atomic E-state index is -4.75. The molecule has 494 valence electrons. The second kappa shape index (κ2) is 32.3. The Hall–Kier alpha value is -6.53. The maximum Gasteiger partial charge on any atom is 0.417 e. The van der Waals surface area contributed by atoms with E-state index < -0.39 is 161 Å². The highest BCUT2D eigenvalue weighted by molar-refractivity contribution is 6.31. The van der Waals surface area contributed by atoms with Crippen molar-refractivity contribution >= 4 is 76.6 Å². The highest BCUT2D eigenvalue weighted by Gasteiger charge is 2.45. The van der Waals surface area contributed by atoms with Gasteiger partial charge in [-0.15, -0.1) is 0 Å². The normalized spacial score (nSPS) is 25.9. The van der Waals surface area contributed by atoms with Crippen LogP contribution in [0, 0.1) is 23.7 Å². The molecule has 88 heavy (non-hydrogen) atoms. The number of halogens is 4. The number of rotatable bonds is 10. The first kappa shape index (κ1) is 73.9. The lowest BCUT2D eigenvalue weighted by Crippen LogP contribution is -2.63. The number of hydrogen-bond donors (Lipinski definition) is 4. The molecule has 1 aliphatic carbocycles. The number of nitrogens with one attached hydrogen (secondary N) is 4. The number of aryl methyl sites for hydroxylation is 1. The maximum atomic E-state index is 14.8. The highest BCUT2D eigenvalue weighted by Crippen LogP contribution is 2.36. The SMILES string of the molecule is CCC(C)[C@@H]1NC(=O)[C@H](CC(C)C)N(C)C(=O)C[C@@H](C)NC(=O)[C@H](C(C)C)N(C)C(=O)C(C)(C)NC(=O)[C@@H]2CCCN2C(=O)[C@H](CCc2ccc(C(F)(F)F)c(Cl)c2)NC(=O)CN(C)C(=O)[C@H](CC2CCCCC2)N(C)C(=O)CN(C)C(=O)CN(C)C1=O. The number of carbonyl (C=O) groups excluding carboxylic acids is 11. The summed E-state index contributed by atoms with van der Waals surface area (Å²) in [6, 6.07) is -4.72. The molecule has 0 radical (unpaired) electrons. The Balaban J connectivity index is 1.78. The molecule has 22 nitrogen and oxygen atoms in total. The number of hydrogen-bond acceptors (Lipinski definition) is 11. The molecular weight excluding hydrogens is 1170 g/mol. The predicted octanol–water partition coefficient (Wildman–Crippen LogP) is 4.63. The maximum absolute atomic E-state index is 14.8. The molecule has 26 heteroatoms. The van der Waals surface area contributed by atoms with Crippen molar-refractivity contribution < 1.29 is 65.9 Å². The van der Waals surface area contributed by atoms with Crippen LogP contribution in [-0.2, 0) is 65.3 Å². The zero-order valence-electron chi connectivity index (χ0n) is 54.2. The topological polar surface area (TPSA) is 259 Å². The Bertz CT molecular complexity index is 2690. The third-order valence-electron chi connectivity index (χ3n) is 17.4. The quantitative estimate of drug-likeness (QED) is 0.251. The summed E-state index contributed by atoms with van der Waals surface area (Å²) in [7, 11) is 8.44. The zero-order valence-corrected chi connectivity index (χ0v) is 55.0. The number of amides is 11. The van der Waals surface area contributed by atoms with Gasteiger partial charge in [-0.3, -0.25) is 52.7 Å². The summed E-state index contributed by atoms with van der Waals surface area (Å²) < 4.78 is 41.1. The van der Waals surface area contributed by atoms with Gasteiger partial charge in [0.1, 0.15) is 41.8 Å². The minimum Gasteiger partial charge on any atom is -0.351 e. The second-order valence-electron chi connectivity index (χ2n) is 25.9. The fourth-order valence-electron chi connectivity index (χ4n) is 11.9. The molecule has 1 aromatic carbocycles. The number of benzene rings is 1. The molecule has 11 amide bonds. The van der Waals surface area contributed by atoms with Crippen molar-refractivity contribution in [3.63, 3.8) is 0 Å². The standard InChI is InChI=1S/C62H97ClF3N11O11/c1-16-38(6)52-59(87)73(12)34-50(80)71(10)35-51(81)75(14)47(32-40-21-18-17-19-22-40)58(86)72(11)33-48(78)68-44(27-25-41-24-26-42(43(63)31-41)62(64,65)66)57(85)77-28-20-23-45(77)55(83)70-61(8,9)60(88)76(15)53(37(4)5)56(84)67-39(7)30-49(79)74(13)46(29-36(2)3)54(82)69-52/h24,26,31,36-40,44-47,52-53H,16-23,25,27-30,32-35H2,1-15H3,(H,67,84)(H,68,78)(H,69,82)(H,70,83)/t38?,39-,44+,45+,46+,47+,52+,53+/m1/s1. The van der Waals surface area contributed by atoms with E-state index in [1.807, 2.05) is 20.8 Å². The minimum absolute atomic E-state index is 0.0311. The van der Waals surface area contributed by atoms with Gasteiger partial charge in [0.2, 0.25) is 65.0 Å². The fourth-order valence-corrected chi connectivity index (χ4v) is 12.2. The van der Waals surface area contributed by atoms with Gasteiger partial charge in [0.25, 0.3) is 0 Å². The van der Waals surface area contributed by atoms with Gasteiger partial charge in [-0.2, -0.15) is 13.2 Å². The van der Waals surface area contributed by atoms with E-state index >= 15 is 0 Å². The van der Waals surface area contributed by atoms with E-state index in [2.05, 4.69) is 21.3 Å². The van der Waals surface area contributed by atoms with Gasteiger partial charge in [0, 0.05) is 61.3 Å². The van der Waals surface area contributed by atoms with E-state index in [1.54, 1.807) is 27.7 Å². The lowest BCUT2D eigenvalue weighted by Gasteiger charge is -2.38. The number of alkyl halides is 3. The molecule has 2 heterocycles. The van der Waals surface area contributed by atoms with Crippen molar-refractivity contribution in [2.45, 2.75) is 200 Å². The number of carbonyl (C=O) groups is 11. The van der Waals surface area contributed by atoms with E-state index in [-0.39, 0.29) is 56.9 Å². The van der Waals surface area contributed by atoms with Crippen molar-refractivity contribution in [2.75, 3.05) is 68.5 Å².